The number of piperidine rings is 1. The van der Waals surface area contributed by atoms with Gasteiger partial charge in [-0.2, -0.15) is 0 Å². The van der Waals surface area contributed by atoms with Crippen molar-refractivity contribution in [3.63, 3.8) is 0 Å². The smallest absolute Gasteiger partial charge is 0.414 e. The van der Waals surface area contributed by atoms with Gasteiger partial charge in [0, 0.05) is 18.8 Å². The third-order valence-electron chi connectivity index (χ3n) is 7.17. The van der Waals surface area contributed by atoms with E-state index in [0.717, 1.165) is 73.8 Å². The summed E-state index contributed by atoms with van der Waals surface area (Å²) in [5.74, 6) is 2.50. The van der Waals surface area contributed by atoms with Crippen molar-refractivity contribution in [2.24, 2.45) is 0 Å². The molecule has 200 valence electrons. The zero-order valence-corrected chi connectivity index (χ0v) is 22.0. The van der Waals surface area contributed by atoms with Crippen LogP contribution < -0.4 is 19.1 Å². The molecule has 2 heterocycles. The van der Waals surface area contributed by atoms with Crippen LogP contribution in [0, 0.1) is 0 Å². The second-order valence-electron chi connectivity index (χ2n) is 9.86. The molecule has 0 N–H and O–H groups in total. The maximum absolute atomic E-state index is 12.3. The molecule has 7 heteroatoms. The molecule has 2 aliphatic rings. The highest BCUT2D eigenvalue weighted by atomic mass is 16.6. The largest absolute Gasteiger partial charge is 0.497 e. The molecule has 0 spiro atoms. The fourth-order valence-corrected chi connectivity index (χ4v) is 4.99. The van der Waals surface area contributed by atoms with Crippen molar-refractivity contribution in [3.05, 3.63) is 84.4 Å². The van der Waals surface area contributed by atoms with E-state index in [0.29, 0.717) is 13.2 Å². The summed E-state index contributed by atoms with van der Waals surface area (Å²) in [5, 5.41) is 0. The fraction of sp³-hybridized carbons (Fsp3) is 0.387. The van der Waals surface area contributed by atoms with Crippen LogP contribution in [0.4, 0.5) is 10.5 Å². The summed E-state index contributed by atoms with van der Waals surface area (Å²) in [4.78, 5) is 16.5. The quantitative estimate of drug-likeness (QED) is 0.315. The summed E-state index contributed by atoms with van der Waals surface area (Å²) in [6, 6.07) is 25.6. The molecule has 3 aromatic rings. The van der Waals surface area contributed by atoms with Crippen molar-refractivity contribution in [2.75, 3.05) is 38.2 Å². The zero-order chi connectivity index (χ0) is 26.2. The van der Waals surface area contributed by atoms with Crippen molar-refractivity contribution < 1.29 is 23.7 Å². The maximum Gasteiger partial charge on any atom is 0.414 e. The number of amides is 1. The number of hydrogen-bond acceptors (Lipinski definition) is 6. The molecule has 0 aliphatic carbocycles. The van der Waals surface area contributed by atoms with Crippen molar-refractivity contribution in [1.29, 1.82) is 0 Å². The van der Waals surface area contributed by atoms with Crippen LogP contribution in [0.1, 0.15) is 31.2 Å². The lowest BCUT2D eigenvalue weighted by molar-refractivity contribution is 0.0944. The van der Waals surface area contributed by atoms with Crippen molar-refractivity contribution in [1.82, 2.24) is 4.90 Å². The van der Waals surface area contributed by atoms with Gasteiger partial charge in [-0.25, -0.2) is 4.79 Å². The Hall–Kier alpha value is -3.71. The van der Waals surface area contributed by atoms with Crippen LogP contribution in [0.25, 0.3) is 0 Å². The molecule has 7 nitrogen and oxygen atoms in total. The number of likely N-dealkylation sites (tertiary alicyclic amines) is 1. The highest BCUT2D eigenvalue weighted by Crippen LogP contribution is 2.26. The lowest BCUT2D eigenvalue weighted by Crippen LogP contribution is -2.39. The second-order valence-corrected chi connectivity index (χ2v) is 9.86. The molecular formula is C31H36N2O5. The van der Waals surface area contributed by atoms with E-state index in [2.05, 4.69) is 17.0 Å². The van der Waals surface area contributed by atoms with Gasteiger partial charge in [-0.05, 0) is 86.3 Å². The fourth-order valence-electron chi connectivity index (χ4n) is 4.99. The lowest BCUT2D eigenvalue weighted by Gasteiger charge is -2.32. The first-order valence-corrected chi connectivity index (χ1v) is 13.4. The van der Waals surface area contributed by atoms with Gasteiger partial charge in [-0.3, -0.25) is 4.90 Å². The van der Waals surface area contributed by atoms with Gasteiger partial charge in [0.15, 0.2) is 0 Å². The number of carbonyl (C=O) groups is 1. The van der Waals surface area contributed by atoms with Crippen LogP contribution >= 0.6 is 0 Å². The van der Waals surface area contributed by atoms with E-state index in [1.54, 1.807) is 12.0 Å². The molecule has 2 saturated heterocycles. The Morgan fingerprint density at radius 1 is 0.868 bits per heavy atom. The molecular weight excluding hydrogens is 480 g/mol. The average molecular weight is 517 g/mol. The van der Waals surface area contributed by atoms with Crippen LogP contribution in [0.2, 0.25) is 0 Å². The molecule has 2 fully saturated rings. The molecule has 3 aromatic carbocycles. The highest BCUT2D eigenvalue weighted by Gasteiger charge is 2.32. The predicted molar refractivity (Wildman–Crippen MR) is 147 cm³/mol. The van der Waals surface area contributed by atoms with Gasteiger partial charge in [0.25, 0.3) is 0 Å². The third kappa shape index (κ3) is 6.98. The Kier molecular flexibility index (Phi) is 8.66. The van der Waals surface area contributed by atoms with E-state index in [9.17, 15) is 4.79 Å². The number of hydrogen-bond donors (Lipinski definition) is 0. The average Bonchev–Trinajstić information content (AvgIpc) is 3.34. The maximum atomic E-state index is 12.3. The first kappa shape index (κ1) is 25.9. The van der Waals surface area contributed by atoms with Crippen LogP contribution in [0.3, 0.4) is 0 Å². The predicted octanol–water partition coefficient (Wildman–Crippen LogP) is 5.92. The van der Waals surface area contributed by atoms with Gasteiger partial charge in [0.1, 0.15) is 36.1 Å². The first-order valence-electron chi connectivity index (χ1n) is 13.4. The summed E-state index contributed by atoms with van der Waals surface area (Å²) in [7, 11) is 1.63. The molecule has 1 unspecified atom stereocenters. The lowest BCUT2D eigenvalue weighted by atomic mass is 10.1. The van der Waals surface area contributed by atoms with E-state index in [1.807, 2.05) is 66.7 Å². The molecule has 38 heavy (non-hydrogen) atoms. The molecule has 1 atom stereocenters. The highest BCUT2D eigenvalue weighted by molar-refractivity contribution is 5.89. The topological polar surface area (TPSA) is 60.5 Å². The Morgan fingerprint density at radius 3 is 2.26 bits per heavy atom. The summed E-state index contributed by atoms with van der Waals surface area (Å²) in [6.07, 6.45) is 3.79. The van der Waals surface area contributed by atoms with Crippen LogP contribution in [0.15, 0.2) is 78.9 Å². The van der Waals surface area contributed by atoms with Crippen molar-refractivity contribution in [3.8, 4) is 17.2 Å². The van der Waals surface area contributed by atoms with Gasteiger partial charge < -0.3 is 23.8 Å². The molecule has 5 rings (SSSR count). The van der Waals surface area contributed by atoms with Gasteiger partial charge in [-0.15, -0.1) is 0 Å². The van der Waals surface area contributed by atoms with E-state index < -0.39 is 0 Å². The summed E-state index contributed by atoms with van der Waals surface area (Å²) in [5.41, 5.74) is 1.99. The summed E-state index contributed by atoms with van der Waals surface area (Å²) >= 11 is 0. The minimum Gasteiger partial charge on any atom is -0.497 e. The van der Waals surface area contributed by atoms with Crippen molar-refractivity contribution >= 4 is 11.8 Å². The summed E-state index contributed by atoms with van der Waals surface area (Å²) in [6.45, 7) is 4.20. The number of nitrogens with zero attached hydrogens (tertiary/aromatic N) is 2. The standard InChI is InChI=1S/C31H36N2O5/c1-35-26-11-9-25(10-12-26)33-22-30(38-31(33)34)8-5-19-32-20-17-29(18-21-32)37-28-15-13-27(14-16-28)36-23-24-6-3-2-4-7-24/h2-4,6-7,9-16,29-30H,5,8,17-23H2,1H3. The van der Waals surface area contributed by atoms with Crippen molar-refractivity contribution in [2.45, 2.75) is 44.5 Å². The number of anilines is 1. The Labute approximate surface area is 224 Å². The zero-order valence-electron chi connectivity index (χ0n) is 22.0. The van der Waals surface area contributed by atoms with E-state index >= 15 is 0 Å². The monoisotopic (exact) mass is 516 g/mol. The van der Waals surface area contributed by atoms with Crippen LogP contribution in [-0.4, -0.2) is 56.5 Å². The number of cyclic esters (lactones) is 1. The first-order chi connectivity index (χ1) is 18.7. The Bertz CT molecular complexity index is 1150. The number of methoxy groups -OCH3 is 1. The number of benzene rings is 3. The molecule has 2 aliphatic heterocycles. The van der Waals surface area contributed by atoms with Gasteiger partial charge in [0.2, 0.25) is 0 Å². The minimum atomic E-state index is -0.270. The van der Waals surface area contributed by atoms with E-state index in [4.69, 9.17) is 18.9 Å². The summed E-state index contributed by atoms with van der Waals surface area (Å²) < 4.78 is 22.9. The molecule has 0 radical (unpaired) electrons. The van der Waals surface area contributed by atoms with Crippen LogP contribution in [0.5, 0.6) is 17.2 Å². The molecule has 0 bridgehead atoms. The number of rotatable bonds is 11. The van der Waals surface area contributed by atoms with Gasteiger partial charge in [0.05, 0.1) is 13.7 Å². The molecule has 0 aromatic heterocycles. The van der Waals surface area contributed by atoms with Gasteiger partial charge in [-0.1, -0.05) is 30.3 Å². The van der Waals surface area contributed by atoms with Gasteiger partial charge >= 0.3 is 6.09 Å². The Balaban J connectivity index is 0.981. The van der Waals surface area contributed by atoms with E-state index in [1.165, 1.54) is 0 Å². The molecule has 1 amide bonds. The second kappa shape index (κ2) is 12.7. The number of carbonyl (C=O) groups excluding carboxylic acids is 1. The number of ether oxygens (including phenoxy) is 4. The third-order valence-corrected chi connectivity index (χ3v) is 7.17. The molecule has 0 saturated carbocycles. The minimum absolute atomic E-state index is 0.0647. The van der Waals surface area contributed by atoms with Crippen LogP contribution in [-0.2, 0) is 11.3 Å². The SMILES string of the molecule is COc1ccc(N2CC(CCCN3CCC(Oc4ccc(OCc5ccccc5)cc4)CC3)OC2=O)cc1. The Morgan fingerprint density at radius 2 is 1.55 bits per heavy atom. The normalized spacial score (nSPS) is 18.3. The van der Waals surface area contributed by atoms with E-state index in [-0.39, 0.29) is 18.3 Å².